The lowest BCUT2D eigenvalue weighted by atomic mass is 9.45. The number of hydrogen-bond donors (Lipinski definition) is 1. The van der Waals surface area contributed by atoms with Crippen LogP contribution in [0.1, 0.15) is 52.4 Å². The molecule has 4 aliphatic carbocycles. The zero-order valence-electron chi connectivity index (χ0n) is 15.6. The van der Waals surface area contributed by atoms with Crippen LogP contribution in [0, 0.1) is 53.3 Å². The van der Waals surface area contributed by atoms with Gasteiger partial charge in [-0.15, -0.1) is 6.42 Å². The molecule has 1 N–H and O–H groups in total. The second-order valence-electron chi connectivity index (χ2n) is 9.44. The van der Waals surface area contributed by atoms with Crippen molar-refractivity contribution in [3.8, 4) is 12.3 Å². The molecule has 142 valence electrons. The van der Waals surface area contributed by atoms with Crippen molar-refractivity contribution in [2.24, 2.45) is 40.9 Å². The summed E-state index contributed by atoms with van der Waals surface area (Å²) in [7, 11) is 0. The summed E-state index contributed by atoms with van der Waals surface area (Å²) < 4.78 is 28.4. The summed E-state index contributed by atoms with van der Waals surface area (Å²) in [5.41, 5.74) is -0.840. The normalized spacial score (nSPS) is 50.5. The molecule has 0 aliphatic heterocycles. The zero-order valence-corrected chi connectivity index (χ0v) is 15.6. The Morgan fingerprint density at radius 1 is 1.35 bits per heavy atom. The molecule has 0 saturated heterocycles. The number of carbonyl (C=O) groups excluding carboxylic acids is 1. The van der Waals surface area contributed by atoms with Crippen LogP contribution in [0.3, 0.4) is 0 Å². The van der Waals surface area contributed by atoms with E-state index in [1.807, 2.05) is 6.92 Å². The highest BCUT2D eigenvalue weighted by Gasteiger charge is 2.66. The van der Waals surface area contributed by atoms with Crippen LogP contribution in [0.2, 0.25) is 0 Å². The van der Waals surface area contributed by atoms with E-state index >= 15 is 0 Å². The number of alkyl halides is 2. The maximum atomic E-state index is 14.2. The Morgan fingerprint density at radius 3 is 2.73 bits per heavy atom. The highest BCUT2D eigenvalue weighted by molar-refractivity contribution is 5.91. The molecule has 4 heteroatoms. The fraction of sp³-hybridized carbons (Fsp3) is 0.773. The first-order chi connectivity index (χ1) is 12.2. The summed E-state index contributed by atoms with van der Waals surface area (Å²) >= 11 is 0. The Hall–Kier alpha value is -1.21. The van der Waals surface area contributed by atoms with Gasteiger partial charge in [-0.25, -0.2) is 8.78 Å². The van der Waals surface area contributed by atoms with Crippen molar-refractivity contribution < 1.29 is 18.7 Å². The summed E-state index contributed by atoms with van der Waals surface area (Å²) in [6.45, 7) is 4.08. The summed E-state index contributed by atoms with van der Waals surface area (Å²) in [6.07, 6.45) is 8.56. The molecule has 4 rings (SSSR count). The van der Waals surface area contributed by atoms with Crippen molar-refractivity contribution >= 4 is 5.78 Å². The van der Waals surface area contributed by atoms with E-state index in [0.717, 1.165) is 18.4 Å². The van der Waals surface area contributed by atoms with Crippen molar-refractivity contribution in [1.29, 1.82) is 0 Å². The van der Waals surface area contributed by atoms with Crippen LogP contribution in [0.5, 0.6) is 0 Å². The Morgan fingerprint density at radius 2 is 2.08 bits per heavy atom. The average Bonchev–Trinajstić information content (AvgIpc) is 2.85. The number of halogens is 2. The first-order valence-corrected chi connectivity index (χ1v) is 9.93. The van der Waals surface area contributed by atoms with Crippen molar-refractivity contribution in [2.45, 2.75) is 64.4 Å². The first-order valence-electron chi connectivity index (χ1n) is 9.93. The third-order valence-electron chi connectivity index (χ3n) is 8.41. The molecule has 0 aromatic carbocycles. The molecule has 0 amide bonds. The van der Waals surface area contributed by atoms with Crippen LogP contribution in [0.25, 0.3) is 0 Å². The van der Waals surface area contributed by atoms with Crippen molar-refractivity contribution in [3.05, 3.63) is 11.6 Å². The first kappa shape index (κ1) is 18.2. The quantitative estimate of drug-likeness (QED) is 0.709. The summed E-state index contributed by atoms with van der Waals surface area (Å²) in [4.78, 5) is 11.9. The van der Waals surface area contributed by atoms with Crippen LogP contribution < -0.4 is 0 Å². The minimum absolute atomic E-state index is 0.0944. The van der Waals surface area contributed by atoms with Gasteiger partial charge in [0.2, 0.25) is 6.43 Å². The number of aliphatic hydroxyl groups is 1. The number of hydrogen-bond acceptors (Lipinski definition) is 2. The molecule has 26 heavy (non-hydrogen) atoms. The molecule has 0 spiro atoms. The van der Waals surface area contributed by atoms with Crippen LogP contribution in [0.15, 0.2) is 11.6 Å². The fourth-order valence-electron chi connectivity index (χ4n) is 7.26. The van der Waals surface area contributed by atoms with Crippen LogP contribution in [0.4, 0.5) is 8.78 Å². The van der Waals surface area contributed by atoms with Gasteiger partial charge >= 0.3 is 0 Å². The molecule has 2 nitrogen and oxygen atoms in total. The summed E-state index contributed by atoms with van der Waals surface area (Å²) in [5.74, 6) is 2.50. The number of terminal acetylenes is 1. The van der Waals surface area contributed by atoms with Gasteiger partial charge in [-0.2, -0.15) is 0 Å². The largest absolute Gasteiger partial charge is 0.377 e. The monoisotopic (exact) mass is 362 g/mol. The molecule has 3 saturated carbocycles. The molecular formula is C22H28F2O2. The van der Waals surface area contributed by atoms with Gasteiger partial charge in [0.1, 0.15) is 5.60 Å². The lowest BCUT2D eigenvalue weighted by Crippen LogP contribution is -2.58. The van der Waals surface area contributed by atoms with E-state index in [4.69, 9.17) is 6.42 Å². The summed E-state index contributed by atoms with van der Waals surface area (Å²) in [5, 5.41) is 11.1. The van der Waals surface area contributed by atoms with E-state index < -0.39 is 23.4 Å². The Kier molecular flexibility index (Phi) is 4.12. The van der Waals surface area contributed by atoms with Crippen molar-refractivity contribution in [3.63, 3.8) is 0 Å². The highest BCUT2D eigenvalue weighted by Crippen LogP contribution is 2.67. The highest BCUT2D eigenvalue weighted by atomic mass is 19.3. The minimum atomic E-state index is -2.42. The molecule has 0 aromatic rings. The van der Waals surface area contributed by atoms with Gasteiger partial charge in [-0.3, -0.25) is 4.79 Å². The Balaban J connectivity index is 1.80. The van der Waals surface area contributed by atoms with Crippen LogP contribution in [-0.4, -0.2) is 22.9 Å². The van der Waals surface area contributed by atoms with E-state index in [2.05, 4.69) is 12.8 Å². The predicted molar refractivity (Wildman–Crippen MR) is 95.3 cm³/mol. The fourth-order valence-corrected chi connectivity index (χ4v) is 7.26. The molecule has 8 atom stereocenters. The number of rotatable bonds is 1. The maximum Gasteiger partial charge on any atom is 0.241 e. The van der Waals surface area contributed by atoms with Crippen LogP contribution >= 0.6 is 0 Å². The molecule has 0 unspecified atom stereocenters. The van der Waals surface area contributed by atoms with E-state index in [1.54, 1.807) is 6.08 Å². The van der Waals surface area contributed by atoms with Gasteiger partial charge in [0.25, 0.3) is 0 Å². The standard InChI is InChI=1S/C22H28F2O2/c1-4-22(26)8-7-17-18-12(2)9-13-10-14(25)5-6-15(13)19(18)16(20(23)24)11-21(17,22)3/h1,10,12,15-20,26H,5-9,11H2,2-3H3/t12-,15+,16+,17+,18+,19+,21+,22+/m1/s1. The van der Waals surface area contributed by atoms with Gasteiger partial charge in [-0.1, -0.05) is 25.3 Å². The van der Waals surface area contributed by atoms with E-state index in [1.165, 1.54) is 0 Å². The molecule has 0 aromatic heterocycles. The third-order valence-corrected chi connectivity index (χ3v) is 8.41. The SMILES string of the molecule is C#C[C@]1(O)CC[C@H]2[C@H]3[C@H]([C@@H](C(F)F)C[C@@]21C)[C@H]1CCC(=O)C=C1C[C@H]3C. The molecule has 0 heterocycles. The topological polar surface area (TPSA) is 37.3 Å². The minimum Gasteiger partial charge on any atom is -0.377 e. The molecule has 4 aliphatic rings. The molecule has 0 radical (unpaired) electrons. The van der Waals surface area contributed by atoms with E-state index in [-0.39, 0.29) is 41.8 Å². The lowest BCUT2D eigenvalue weighted by molar-refractivity contribution is -0.154. The Labute approximate surface area is 154 Å². The van der Waals surface area contributed by atoms with Gasteiger partial charge in [0, 0.05) is 17.8 Å². The second-order valence-corrected chi connectivity index (χ2v) is 9.44. The van der Waals surface area contributed by atoms with Gasteiger partial charge < -0.3 is 5.11 Å². The van der Waals surface area contributed by atoms with E-state index in [9.17, 15) is 18.7 Å². The lowest BCUT2D eigenvalue weighted by Gasteiger charge is -2.59. The second kappa shape index (κ2) is 5.89. The van der Waals surface area contributed by atoms with Gasteiger partial charge in [0.05, 0.1) is 0 Å². The average molecular weight is 362 g/mol. The van der Waals surface area contributed by atoms with Gasteiger partial charge in [-0.05, 0) is 67.8 Å². The Bertz CT molecular complexity index is 693. The maximum absolute atomic E-state index is 14.2. The molecule has 0 bridgehead atoms. The number of carbonyl (C=O) groups is 1. The molecular weight excluding hydrogens is 334 g/mol. The molecule has 3 fully saturated rings. The van der Waals surface area contributed by atoms with E-state index in [0.29, 0.717) is 19.3 Å². The number of allylic oxidation sites excluding steroid dienone is 1. The summed E-state index contributed by atoms with van der Waals surface area (Å²) in [6, 6.07) is 0. The number of ketones is 1. The third kappa shape index (κ3) is 2.29. The van der Waals surface area contributed by atoms with Crippen molar-refractivity contribution in [1.82, 2.24) is 0 Å². The van der Waals surface area contributed by atoms with Gasteiger partial charge in [0.15, 0.2) is 5.78 Å². The van der Waals surface area contributed by atoms with Crippen LogP contribution in [-0.2, 0) is 4.79 Å². The zero-order chi connectivity index (χ0) is 18.9. The number of fused-ring (bicyclic) bond motifs is 5. The smallest absolute Gasteiger partial charge is 0.241 e. The predicted octanol–water partition coefficient (Wildman–Crippen LogP) is 4.23. The van der Waals surface area contributed by atoms with Crippen molar-refractivity contribution in [2.75, 3.05) is 0 Å².